The first kappa shape index (κ1) is 16.5. The number of allylic oxidation sites excluding steroid dienone is 1. The monoisotopic (exact) mass is 274 g/mol. The van der Waals surface area contributed by atoms with Gasteiger partial charge in [-0.05, 0) is 30.4 Å². The lowest BCUT2D eigenvalue weighted by Crippen LogP contribution is -2.05. The Morgan fingerprint density at radius 2 is 1.95 bits per heavy atom. The minimum Gasteiger partial charge on any atom is -0.478 e. The summed E-state index contributed by atoms with van der Waals surface area (Å²) in [5, 5.41) is 9.31. The summed E-state index contributed by atoms with van der Waals surface area (Å²) >= 11 is 0. The van der Waals surface area contributed by atoms with E-state index < -0.39 is 5.97 Å². The van der Waals surface area contributed by atoms with Gasteiger partial charge >= 0.3 is 5.97 Å². The summed E-state index contributed by atoms with van der Waals surface area (Å²) in [7, 11) is 0. The van der Waals surface area contributed by atoms with Crippen molar-refractivity contribution in [3.05, 3.63) is 41.5 Å². The second-order valence-corrected chi connectivity index (χ2v) is 5.35. The molecule has 2 heteroatoms. The summed E-state index contributed by atoms with van der Waals surface area (Å²) in [4.78, 5) is 11.3. The van der Waals surface area contributed by atoms with Crippen LogP contribution in [0.25, 0.3) is 5.57 Å². The highest BCUT2D eigenvalue weighted by Gasteiger charge is 2.16. The summed E-state index contributed by atoms with van der Waals surface area (Å²) in [6, 6.07) is 7.89. The zero-order valence-electron chi connectivity index (χ0n) is 12.9. The largest absolute Gasteiger partial charge is 0.478 e. The SMILES string of the molecule is C/C=C(/C(=O)O)c1ccccc1C(C)CCCCCC. The Bertz CT molecular complexity index is 460. The van der Waals surface area contributed by atoms with Gasteiger partial charge < -0.3 is 5.11 Å². The van der Waals surface area contributed by atoms with E-state index in [0.29, 0.717) is 11.5 Å². The standard InChI is InChI=1S/C18H26O2/c1-4-6-7-8-11-14(3)16-12-9-10-13-17(16)15(5-2)18(19)20/h5,9-10,12-14H,4,6-8,11H2,1-3H3,(H,19,20)/b15-5+. The zero-order chi connectivity index (χ0) is 15.0. The molecule has 1 N–H and O–H groups in total. The minimum atomic E-state index is -0.849. The molecule has 0 spiro atoms. The number of carbonyl (C=O) groups is 1. The van der Waals surface area contributed by atoms with Gasteiger partial charge in [0.15, 0.2) is 0 Å². The van der Waals surface area contributed by atoms with E-state index in [9.17, 15) is 9.90 Å². The molecule has 0 bridgehead atoms. The molecule has 0 saturated heterocycles. The lowest BCUT2D eigenvalue weighted by molar-refractivity contribution is -0.130. The number of hydrogen-bond donors (Lipinski definition) is 1. The predicted molar refractivity (Wildman–Crippen MR) is 84.9 cm³/mol. The van der Waals surface area contributed by atoms with Crippen molar-refractivity contribution in [2.45, 2.75) is 58.8 Å². The first-order chi connectivity index (χ1) is 9.61. The molecule has 0 aromatic heterocycles. The van der Waals surface area contributed by atoms with E-state index in [0.717, 1.165) is 17.5 Å². The van der Waals surface area contributed by atoms with Gasteiger partial charge in [0.2, 0.25) is 0 Å². The molecule has 0 aliphatic heterocycles. The molecule has 0 amide bonds. The van der Waals surface area contributed by atoms with E-state index in [1.807, 2.05) is 18.2 Å². The van der Waals surface area contributed by atoms with E-state index in [1.165, 1.54) is 25.7 Å². The van der Waals surface area contributed by atoms with Crippen LogP contribution in [0.1, 0.15) is 69.9 Å². The van der Waals surface area contributed by atoms with Crippen LogP contribution in [0.5, 0.6) is 0 Å². The van der Waals surface area contributed by atoms with Crippen molar-refractivity contribution in [3.8, 4) is 0 Å². The molecule has 0 aliphatic carbocycles. The maximum atomic E-state index is 11.3. The van der Waals surface area contributed by atoms with Gasteiger partial charge in [-0.1, -0.05) is 69.9 Å². The number of carboxylic acid groups (broad SMARTS) is 1. The second kappa shape index (κ2) is 8.57. The van der Waals surface area contributed by atoms with Gasteiger partial charge in [0.25, 0.3) is 0 Å². The fourth-order valence-electron chi connectivity index (χ4n) is 2.60. The summed E-state index contributed by atoms with van der Waals surface area (Å²) in [6.45, 7) is 6.19. The van der Waals surface area contributed by atoms with Crippen molar-refractivity contribution in [2.24, 2.45) is 0 Å². The average Bonchev–Trinajstić information content (AvgIpc) is 2.44. The molecule has 1 aromatic carbocycles. The van der Waals surface area contributed by atoms with Gasteiger partial charge in [-0.25, -0.2) is 4.79 Å². The van der Waals surface area contributed by atoms with Crippen LogP contribution in [0.15, 0.2) is 30.3 Å². The molecule has 0 radical (unpaired) electrons. The van der Waals surface area contributed by atoms with Crippen LogP contribution in [0.2, 0.25) is 0 Å². The van der Waals surface area contributed by atoms with Gasteiger partial charge in [0.05, 0.1) is 5.57 Å². The number of carboxylic acids is 1. The molecule has 20 heavy (non-hydrogen) atoms. The van der Waals surface area contributed by atoms with Gasteiger partial charge in [-0.15, -0.1) is 0 Å². The van der Waals surface area contributed by atoms with Crippen LogP contribution in [0.3, 0.4) is 0 Å². The fourth-order valence-corrected chi connectivity index (χ4v) is 2.60. The molecular weight excluding hydrogens is 248 g/mol. The fraction of sp³-hybridized carbons (Fsp3) is 0.500. The molecule has 1 atom stereocenters. The maximum absolute atomic E-state index is 11.3. The third-order valence-corrected chi connectivity index (χ3v) is 3.79. The van der Waals surface area contributed by atoms with Gasteiger partial charge in [0, 0.05) is 0 Å². The Labute approximate surface area is 122 Å². The molecule has 2 nitrogen and oxygen atoms in total. The number of unbranched alkanes of at least 4 members (excludes halogenated alkanes) is 3. The summed E-state index contributed by atoms with van der Waals surface area (Å²) in [5.74, 6) is -0.449. The minimum absolute atomic E-state index is 0.400. The number of benzene rings is 1. The van der Waals surface area contributed by atoms with Crippen molar-refractivity contribution < 1.29 is 9.90 Å². The Balaban J connectivity index is 2.87. The Kier molecular flexibility index (Phi) is 7.06. The van der Waals surface area contributed by atoms with Gasteiger partial charge in [-0.2, -0.15) is 0 Å². The third-order valence-electron chi connectivity index (χ3n) is 3.79. The van der Waals surface area contributed by atoms with E-state index in [4.69, 9.17) is 0 Å². The summed E-state index contributed by atoms with van der Waals surface area (Å²) < 4.78 is 0. The smallest absolute Gasteiger partial charge is 0.335 e. The molecule has 1 rings (SSSR count). The summed E-state index contributed by atoms with van der Waals surface area (Å²) in [6.07, 6.45) is 7.80. The molecule has 0 saturated carbocycles. The molecule has 0 fully saturated rings. The van der Waals surface area contributed by atoms with Crippen LogP contribution >= 0.6 is 0 Å². The molecule has 1 unspecified atom stereocenters. The lowest BCUT2D eigenvalue weighted by Gasteiger charge is -2.17. The molecular formula is C18H26O2. The second-order valence-electron chi connectivity index (χ2n) is 5.35. The van der Waals surface area contributed by atoms with E-state index in [-0.39, 0.29) is 0 Å². The van der Waals surface area contributed by atoms with E-state index in [2.05, 4.69) is 19.9 Å². The molecule has 110 valence electrons. The van der Waals surface area contributed by atoms with Crippen molar-refractivity contribution in [1.82, 2.24) is 0 Å². The number of rotatable bonds is 8. The van der Waals surface area contributed by atoms with Gasteiger partial charge in [-0.3, -0.25) is 0 Å². The van der Waals surface area contributed by atoms with Crippen molar-refractivity contribution in [1.29, 1.82) is 0 Å². The lowest BCUT2D eigenvalue weighted by atomic mass is 9.88. The van der Waals surface area contributed by atoms with Crippen LogP contribution in [0.4, 0.5) is 0 Å². The molecule has 0 heterocycles. The van der Waals surface area contributed by atoms with Gasteiger partial charge in [0.1, 0.15) is 0 Å². The van der Waals surface area contributed by atoms with Crippen molar-refractivity contribution in [3.63, 3.8) is 0 Å². The topological polar surface area (TPSA) is 37.3 Å². The van der Waals surface area contributed by atoms with Crippen LogP contribution in [-0.4, -0.2) is 11.1 Å². The number of hydrogen-bond acceptors (Lipinski definition) is 1. The average molecular weight is 274 g/mol. The summed E-state index contributed by atoms with van der Waals surface area (Å²) in [5.41, 5.74) is 2.42. The maximum Gasteiger partial charge on any atom is 0.335 e. The van der Waals surface area contributed by atoms with E-state index in [1.54, 1.807) is 13.0 Å². The first-order valence-electron chi connectivity index (χ1n) is 7.60. The molecule has 0 aliphatic rings. The molecule has 1 aromatic rings. The normalized spacial score (nSPS) is 13.2. The van der Waals surface area contributed by atoms with Crippen LogP contribution in [-0.2, 0) is 4.79 Å². The predicted octanol–water partition coefficient (Wildman–Crippen LogP) is 5.25. The Morgan fingerprint density at radius 3 is 2.55 bits per heavy atom. The first-order valence-corrected chi connectivity index (χ1v) is 7.60. The Morgan fingerprint density at radius 1 is 1.25 bits per heavy atom. The van der Waals surface area contributed by atoms with Crippen LogP contribution < -0.4 is 0 Å². The quantitative estimate of drug-likeness (QED) is 0.519. The van der Waals surface area contributed by atoms with E-state index >= 15 is 0 Å². The highest BCUT2D eigenvalue weighted by Crippen LogP contribution is 2.29. The highest BCUT2D eigenvalue weighted by molar-refractivity contribution is 6.15. The van der Waals surface area contributed by atoms with Crippen molar-refractivity contribution >= 4 is 11.5 Å². The highest BCUT2D eigenvalue weighted by atomic mass is 16.4. The third kappa shape index (κ3) is 4.52. The zero-order valence-corrected chi connectivity index (χ0v) is 12.9. The van der Waals surface area contributed by atoms with Crippen molar-refractivity contribution in [2.75, 3.05) is 0 Å². The number of aliphatic carboxylic acids is 1. The Hall–Kier alpha value is -1.57. The van der Waals surface area contributed by atoms with Crippen LogP contribution in [0, 0.1) is 0 Å².